The summed E-state index contributed by atoms with van der Waals surface area (Å²) in [6.07, 6.45) is -0.681. The summed E-state index contributed by atoms with van der Waals surface area (Å²) < 4.78 is 5.21. The Morgan fingerprint density at radius 3 is 2.16 bits per heavy atom. The molecule has 0 aromatic heterocycles. The molecule has 2 rings (SSSR count). The van der Waals surface area contributed by atoms with E-state index < -0.39 is 18.1 Å². The summed E-state index contributed by atoms with van der Waals surface area (Å²) >= 11 is 0. The van der Waals surface area contributed by atoms with Crippen molar-refractivity contribution in [2.45, 2.75) is 46.4 Å². The minimum atomic E-state index is -0.748. The van der Waals surface area contributed by atoms with Gasteiger partial charge in [-0.2, -0.15) is 0 Å². The van der Waals surface area contributed by atoms with Crippen molar-refractivity contribution in [2.24, 2.45) is 11.8 Å². The summed E-state index contributed by atoms with van der Waals surface area (Å²) in [5.41, 5.74) is 2.18. The molecule has 166 valence electrons. The van der Waals surface area contributed by atoms with E-state index in [9.17, 15) is 14.4 Å². The average molecular weight is 427 g/mol. The van der Waals surface area contributed by atoms with Crippen molar-refractivity contribution in [1.29, 1.82) is 0 Å². The Morgan fingerprint density at radius 2 is 1.58 bits per heavy atom. The summed E-state index contributed by atoms with van der Waals surface area (Å²) in [5.74, 6) is -1.25. The number of aliphatic hydroxyl groups excluding tert-OH is 1. The molecule has 2 atom stereocenters. The zero-order valence-electron chi connectivity index (χ0n) is 18.1. The Hall–Kier alpha value is -3.19. The zero-order chi connectivity index (χ0) is 22.8. The summed E-state index contributed by atoms with van der Waals surface area (Å²) in [7, 11) is 0. The highest BCUT2D eigenvalue weighted by Gasteiger charge is 2.28. The molecule has 3 N–H and O–H groups in total. The third kappa shape index (κ3) is 7.86. The highest BCUT2D eigenvalue weighted by Crippen LogP contribution is 2.15. The molecule has 2 aromatic rings. The quantitative estimate of drug-likeness (QED) is 0.538. The zero-order valence-corrected chi connectivity index (χ0v) is 18.1. The number of amides is 2. The summed E-state index contributed by atoms with van der Waals surface area (Å²) in [5, 5.41) is 14.5. The number of rotatable bonds is 10. The van der Waals surface area contributed by atoms with Crippen molar-refractivity contribution < 1.29 is 24.2 Å². The molecule has 0 aliphatic heterocycles. The Morgan fingerprint density at radius 1 is 0.935 bits per heavy atom. The molecule has 2 amide bonds. The number of Topliss-reactive ketones (excluding diaryl/α,β-unsaturated/α-hetero) is 1. The lowest BCUT2D eigenvalue weighted by Gasteiger charge is -2.22. The van der Waals surface area contributed by atoms with Gasteiger partial charge in [0.1, 0.15) is 6.61 Å². The van der Waals surface area contributed by atoms with Crippen LogP contribution < -0.4 is 10.6 Å². The van der Waals surface area contributed by atoms with E-state index in [1.54, 1.807) is 31.2 Å². The molecule has 0 fully saturated rings. The van der Waals surface area contributed by atoms with Crippen LogP contribution in [-0.2, 0) is 27.5 Å². The number of hydrogen-bond acceptors (Lipinski definition) is 5. The Labute approximate surface area is 182 Å². The molecular formula is C24H30N2O5. The van der Waals surface area contributed by atoms with Crippen LogP contribution in [0, 0.1) is 11.8 Å². The number of carbonyl (C=O) groups is 3. The standard InChI is InChI=1S/C24H30N2O5/c1-16(2)22(26-24(30)31-15-19-7-5-4-6-8-19)21(28)13-17(3)23(29)25-20-11-9-18(14-27)10-12-20/h4-12,16-17,22,27H,13-15H2,1-3H3,(H,25,29)(H,26,30)/t17-,22+/m1/s1. The van der Waals surface area contributed by atoms with Crippen LogP contribution in [0.2, 0.25) is 0 Å². The molecule has 0 heterocycles. The highest BCUT2D eigenvalue weighted by molar-refractivity contribution is 5.96. The molecule has 0 bridgehead atoms. The molecule has 0 aliphatic carbocycles. The lowest BCUT2D eigenvalue weighted by molar-refractivity contribution is -0.127. The van der Waals surface area contributed by atoms with E-state index in [1.807, 2.05) is 44.2 Å². The van der Waals surface area contributed by atoms with Gasteiger partial charge in [-0.1, -0.05) is 63.2 Å². The molecule has 2 aromatic carbocycles. The minimum absolute atomic E-state index is 0.0115. The lowest BCUT2D eigenvalue weighted by Crippen LogP contribution is -2.45. The maximum atomic E-state index is 12.8. The largest absolute Gasteiger partial charge is 0.445 e. The fourth-order valence-corrected chi connectivity index (χ4v) is 2.99. The van der Waals surface area contributed by atoms with Gasteiger partial charge in [0.15, 0.2) is 5.78 Å². The normalized spacial score (nSPS) is 12.7. The van der Waals surface area contributed by atoms with E-state index in [-0.39, 0.29) is 37.2 Å². The number of ether oxygens (including phenoxy) is 1. The molecule has 0 saturated carbocycles. The van der Waals surface area contributed by atoms with Crippen molar-refractivity contribution in [2.75, 3.05) is 5.32 Å². The number of anilines is 1. The number of ketones is 1. The van der Waals surface area contributed by atoms with E-state index in [1.165, 1.54) is 0 Å². The Balaban J connectivity index is 1.87. The van der Waals surface area contributed by atoms with Crippen LogP contribution in [0.3, 0.4) is 0 Å². The maximum absolute atomic E-state index is 12.8. The number of hydrogen-bond donors (Lipinski definition) is 3. The van der Waals surface area contributed by atoms with Gasteiger partial charge in [-0.3, -0.25) is 9.59 Å². The minimum Gasteiger partial charge on any atom is -0.445 e. The van der Waals surface area contributed by atoms with E-state index in [0.29, 0.717) is 5.69 Å². The van der Waals surface area contributed by atoms with E-state index in [4.69, 9.17) is 9.84 Å². The smallest absolute Gasteiger partial charge is 0.408 e. The summed E-state index contributed by atoms with van der Waals surface area (Å²) in [4.78, 5) is 37.4. The van der Waals surface area contributed by atoms with Crippen LogP contribution in [-0.4, -0.2) is 28.9 Å². The predicted molar refractivity (Wildman–Crippen MR) is 118 cm³/mol. The molecule has 7 heteroatoms. The Bertz CT molecular complexity index is 865. The molecule has 0 radical (unpaired) electrons. The van der Waals surface area contributed by atoms with Gasteiger partial charge in [0.2, 0.25) is 5.91 Å². The van der Waals surface area contributed by atoms with Crippen molar-refractivity contribution in [1.82, 2.24) is 5.32 Å². The van der Waals surface area contributed by atoms with Gasteiger partial charge in [-0.05, 0) is 29.2 Å². The predicted octanol–water partition coefficient (Wildman–Crippen LogP) is 3.66. The number of nitrogens with one attached hydrogen (secondary N) is 2. The number of alkyl carbamates (subject to hydrolysis) is 1. The first kappa shape index (κ1) is 24.1. The first-order valence-corrected chi connectivity index (χ1v) is 10.3. The maximum Gasteiger partial charge on any atom is 0.408 e. The fraction of sp³-hybridized carbons (Fsp3) is 0.375. The fourth-order valence-electron chi connectivity index (χ4n) is 2.99. The number of benzene rings is 2. The van der Waals surface area contributed by atoms with Gasteiger partial charge in [-0.25, -0.2) is 4.79 Å². The average Bonchev–Trinajstić information content (AvgIpc) is 2.76. The van der Waals surface area contributed by atoms with Gasteiger partial charge < -0.3 is 20.5 Å². The monoisotopic (exact) mass is 426 g/mol. The van der Waals surface area contributed by atoms with E-state index in [0.717, 1.165) is 11.1 Å². The second kappa shape index (κ2) is 11.9. The van der Waals surface area contributed by atoms with Crippen LogP contribution in [0.4, 0.5) is 10.5 Å². The van der Waals surface area contributed by atoms with Crippen molar-refractivity contribution >= 4 is 23.5 Å². The Kier molecular flexibility index (Phi) is 9.21. The van der Waals surface area contributed by atoms with Crippen molar-refractivity contribution in [3.8, 4) is 0 Å². The first-order chi connectivity index (χ1) is 14.8. The highest BCUT2D eigenvalue weighted by atomic mass is 16.5. The lowest BCUT2D eigenvalue weighted by atomic mass is 9.93. The second-order valence-electron chi connectivity index (χ2n) is 7.84. The first-order valence-electron chi connectivity index (χ1n) is 10.3. The molecular weight excluding hydrogens is 396 g/mol. The SMILES string of the molecule is CC(C)[C@H](NC(=O)OCc1ccccc1)C(=O)C[C@@H](C)C(=O)Nc1ccc(CO)cc1. The third-order valence-electron chi connectivity index (χ3n) is 4.86. The van der Waals surface area contributed by atoms with Crippen LogP contribution in [0.15, 0.2) is 54.6 Å². The van der Waals surface area contributed by atoms with Gasteiger partial charge >= 0.3 is 6.09 Å². The molecule has 31 heavy (non-hydrogen) atoms. The van der Waals surface area contributed by atoms with Gasteiger partial charge in [0.05, 0.1) is 12.6 Å². The van der Waals surface area contributed by atoms with Crippen LogP contribution in [0.5, 0.6) is 0 Å². The summed E-state index contributed by atoms with van der Waals surface area (Å²) in [6.45, 7) is 5.36. The van der Waals surface area contributed by atoms with Crippen LogP contribution in [0.1, 0.15) is 38.3 Å². The van der Waals surface area contributed by atoms with E-state index >= 15 is 0 Å². The number of aliphatic hydroxyl groups is 1. The van der Waals surface area contributed by atoms with Gasteiger partial charge in [0.25, 0.3) is 0 Å². The topological polar surface area (TPSA) is 105 Å². The van der Waals surface area contributed by atoms with Crippen LogP contribution in [0.25, 0.3) is 0 Å². The summed E-state index contributed by atoms with van der Waals surface area (Å²) in [6, 6.07) is 15.3. The molecule has 0 spiro atoms. The van der Waals surface area contributed by atoms with Crippen molar-refractivity contribution in [3.05, 3.63) is 65.7 Å². The van der Waals surface area contributed by atoms with Crippen LogP contribution >= 0.6 is 0 Å². The number of carbonyl (C=O) groups excluding carboxylic acids is 3. The van der Waals surface area contributed by atoms with Gasteiger partial charge in [-0.15, -0.1) is 0 Å². The van der Waals surface area contributed by atoms with E-state index in [2.05, 4.69) is 10.6 Å². The van der Waals surface area contributed by atoms with Gasteiger partial charge in [0, 0.05) is 18.0 Å². The van der Waals surface area contributed by atoms with Crippen molar-refractivity contribution in [3.63, 3.8) is 0 Å². The molecule has 0 saturated heterocycles. The third-order valence-corrected chi connectivity index (χ3v) is 4.86. The molecule has 7 nitrogen and oxygen atoms in total. The molecule has 0 unspecified atom stereocenters. The molecule has 0 aliphatic rings. The second-order valence-corrected chi connectivity index (χ2v) is 7.84.